The Morgan fingerprint density at radius 3 is 2.55 bits per heavy atom. The van der Waals surface area contributed by atoms with Crippen molar-refractivity contribution in [3.05, 3.63) is 35.4 Å². The highest BCUT2D eigenvalue weighted by molar-refractivity contribution is 7.88. The molecule has 1 heterocycles. The molecular weight excluding hydrogens is 302 g/mol. The molecule has 0 amide bonds. The summed E-state index contributed by atoms with van der Waals surface area (Å²) in [6, 6.07) is 7.52. The fourth-order valence-corrected chi connectivity index (χ4v) is 3.77. The smallest absolute Gasteiger partial charge is 0.311 e. The maximum Gasteiger partial charge on any atom is 0.311 e. The van der Waals surface area contributed by atoms with E-state index in [1.54, 1.807) is 0 Å². The summed E-state index contributed by atoms with van der Waals surface area (Å²) in [5.41, 5.74) is 1.33. The first-order chi connectivity index (χ1) is 10.3. The van der Waals surface area contributed by atoms with Gasteiger partial charge < -0.3 is 4.74 Å². The number of fused-ring (bicyclic) bond motifs is 1. The fraction of sp³-hybridized carbons (Fsp3) is 0.562. The van der Waals surface area contributed by atoms with E-state index in [0.29, 0.717) is 13.0 Å². The molecule has 6 heteroatoms. The highest BCUT2D eigenvalue weighted by atomic mass is 32.2. The summed E-state index contributed by atoms with van der Waals surface area (Å²) in [6.45, 7) is 6.19. The van der Waals surface area contributed by atoms with Gasteiger partial charge in [-0.3, -0.25) is 4.79 Å². The van der Waals surface area contributed by atoms with Crippen LogP contribution in [0.5, 0.6) is 0 Å². The summed E-state index contributed by atoms with van der Waals surface area (Å²) >= 11 is 0. The van der Waals surface area contributed by atoms with Crippen molar-refractivity contribution in [1.29, 1.82) is 0 Å². The highest BCUT2D eigenvalue weighted by Crippen LogP contribution is 2.25. The average molecular weight is 325 g/mol. The lowest BCUT2D eigenvalue weighted by Gasteiger charge is -2.28. The number of rotatable bonds is 5. The summed E-state index contributed by atoms with van der Waals surface area (Å²) in [4.78, 5) is 11.9. The average Bonchev–Trinajstić information content (AvgIpc) is 2.46. The van der Waals surface area contributed by atoms with E-state index in [9.17, 15) is 13.2 Å². The summed E-state index contributed by atoms with van der Waals surface area (Å²) < 4.78 is 31.1. The third-order valence-corrected chi connectivity index (χ3v) is 5.98. The molecule has 0 saturated heterocycles. The predicted molar refractivity (Wildman–Crippen MR) is 84.5 cm³/mol. The van der Waals surface area contributed by atoms with Crippen LogP contribution in [0.15, 0.2) is 24.3 Å². The highest BCUT2D eigenvalue weighted by Gasteiger charge is 2.31. The third kappa shape index (κ3) is 3.67. The molecule has 5 nitrogen and oxygen atoms in total. The first-order valence-corrected chi connectivity index (χ1v) is 9.09. The Bertz CT molecular complexity index is 652. The predicted octanol–water partition coefficient (Wildman–Crippen LogP) is 2.31. The molecule has 0 aromatic heterocycles. The first-order valence-electron chi connectivity index (χ1n) is 7.48. The van der Waals surface area contributed by atoms with Gasteiger partial charge in [-0.1, -0.05) is 31.2 Å². The lowest BCUT2D eigenvalue weighted by Crippen LogP contribution is -2.39. The zero-order chi connectivity index (χ0) is 16.4. The Hall–Kier alpha value is -1.40. The standard InChI is InChI=1S/C16H23NO4S/c1-4-16(2,3)15(18)21-10-9-17-11-13-7-5-6-8-14(13)12-22(17,19)20/h5-8H,4,9-12H2,1-3H3. The minimum Gasteiger partial charge on any atom is -0.464 e. The van der Waals surface area contributed by atoms with Gasteiger partial charge in [0.1, 0.15) is 6.61 Å². The van der Waals surface area contributed by atoms with E-state index in [-0.39, 0.29) is 24.9 Å². The molecule has 0 fully saturated rings. The van der Waals surface area contributed by atoms with Gasteiger partial charge in [-0.25, -0.2) is 8.42 Å². The molecule has 1 aliphatic rings. The van der Waals surface area contributed by atoms with E-state index in [1.165, 1.54) is 4.31 Å². The van der Waals surface area contributed by atoms with Gasteiger partial charge >= 0.3 is 5.97 Å². The SMILES string of the molecule is CCC(C)(C)C(=O)OCCN1Cc2ccccc2CS1(=O)=O. The normalized spacial score (nSPS) is 17.8. The Balaban J connectivity index is 1.98. The van der Waals surface area contributed by atoms with Crippen LogP contribution < -0.4 is 0 Å². The Morgan fingerprint density at radius 1 is 1.27 bits per heavy atom. The van der Waals surface area contributed by atoms with Gasteiger partial charge in [-0.2, -0.15) is 4.31 Å². The van der Waals surface area contributed by atoms with Gasteiger partial charge in [0.25, 0.3) is 0 Å². The molecule has 1 aliphatic heterocycles. The summed E-state index contributed by atoms with van der Waals surface area (Å²) in [6.07, 6.45) is 0.682. The Kier molecular flexibility index (Phi) is 4.92. The van der Waals surface area contributed by atoms with Gasteiger partial charge in [0.15, 0.2) is 0 Å². The molecule has 0 radical (unpaired) electrons. The summed E-state index contributed by atoms with van der Waals surface area (Å²) in [7, 11) is -3.33. The lowest BCUT2D eigenvalue weighted by molar-refractivity contribution is -0.154. The molecule has 1 aromatic carbocycles. The van der Waals surface area contributed by atoms with Crippen LogP contribution in [0.1, 0.15) is 38.3 Å². The van der Waals surface area contributed by atoms with Gasteiger partial charge in [0.2, 0.25) is 10.0 Å². The van der Waals surface area contributed by atoms with Crippen molar-refractivity contribution in [2.45, 2.75) is 39.5 Å². The second-order valence-electron chi connectivity index (χ2n) is 6.23. The number of hydrogen-bond acceptors (Lipinski definition) is 4. The molecule has 0 N–H and O–H groups in total. The number of esters is 1. The van der Waals surface area contributed by atoms with Crippen molar-refractivity contribution in [2.75, 3.05) is 13.2 Å². The molecule has 122 valence electrons. The van der Waals surface area contributed by atoms with Crippen LogP contribution in [-0.4, -0.2) is 31.8 Å². The minimum absolute atomic E-state index is 0.0115. The van der Waals surface area contributed by atoms with Gasteiger partial charge in [-0.05, 0) is 31.4 Å². The van der Waals surface area contributed by atoms with Crippen molar-refractivity contribution in [1.82, 2.24) is 4.31 Å². The fourth-order valence-electron chi connectivity index (χ4n) is 2.23. The van der Waals surface area contributed by atoms with Crippen molar-refractivity contribution in [3.63, 3.8) is 0 Å². The number of ether oxygens (including phenoxy) is 1. The number of carbonyl (C=O) groups excluding carboxylic acids is 1. The van der Waals surface area contributed by atoms with Crippen LogP contribution in [-0.2, 0) is 31.9 Å². The van der Waals surface area contributed by atoms with Crippen molar-refractivity contribution in [3.8, 4) is 0 Å². The number of nitrogens with zero attached hydrogens (tertiary/aromatic N) is 1. The largest absolute Gasteiger partial charge is 0.464 e. The van der Waals surface area contributed by atoms with Crippen LogP contribution in [0.4, 0.5) is 0 Å². The summed E-state index contributed by atoms with van der Waals surface area (Å²) in [5.74, 6) is -0.276. The van der Waals surface area contributed by atoms with E-state index in [0.717, 1.165) is 11.1 Å². The number of carbonyl (C=O) groups is 1. The van der Waals surface area contributed by atoms with Crippen LogP contribution in [0.3, 0.4) is 0 Å². The molecular formula is C16H23NO4S. The molecule has 2 rings (SSSR count). The number of sulfonamides is 1. The second kappa shape index (κ2) is 6.38. The molecule has 0 atom stereocenters. The van der Waals surface area contributed by atoms with Gasteiger partial charge in [0, 0.05) is 13.1 Å². The Morgan fingerprint density at radius 2 is 1.91 bits per heavy atom. The summed E-state index contributed by atoms with van der Waals surface area (Å²) in [5, 5.41) is 0. The van der Waals surface area contributed by atoms with E-state index in [4.69, 9.17) is 4.74 Å². The Labute approximate surface area is 132 Å². The third-order valence-electron chi connectivity index (χ3n) is 4.21. The topological polar surface area (TPSA) is 63.7 Å². The zero-order valence-corrected chi connectivity index (χ0v) is 14.1. The van der Waals surface area contributed by atoms with Crippen LogP contribution in [0.25, 0.3) is 0 Å². The monoisotopic (exact) mass is 325 g/mol. The maximum atomic E-state index is 12.3. The quantitative estimate of drug-likeness (QED) is 0.779. The van der Waals surface area contributed by atoms with Crippen LogP contribution >= 0.6 is 0 Å². The van der Waals surface area contributed by atoms with Crippen LogP contribution in [0, 0.1) is 5.41 Å². The van der Waals surface area contributed by atoms with Crippen molar-refractivity contribution in [2.24, 2.45) is 5.41 Å². The number of hydrogen-bond donors (Lipinski definition) is 0. The first kappa shape index (κ1) is 17.0. The molecule has 0 unspecified atom stereocenters. The lowest BCUT2D eigenvalue weighted by atomic mass is 9.91. The maximum absolute atomic E-state index is 12.3. The molecule has 1 aromatic rings. The van der Waals surface area contributed by atoms with Crippen molar-refractivity contribution < 1.29 is 17.9 Å². The zero-order valence-electron chi connectivity index (χ0n) is 13.3. The number of benzene rings is 1. The van der Waals surface area contributed by atoms with E-state index < -0.39 is 15.4 Å². The molecule has 22 heavy (non-hydrogen) atoms. The second-order valence-corrected chi connectivity index (χ2v) is 8.20. The molecule has 0 aliphatic carbocycles. The van der Waals surface area contributed by atoms with Gasteiger partial charge in [0.05, 0.1) is 11.2 Å². The van der Waals surface area contributed by atoms with Crippen molar-refractivity contribution >= 4 is 16.0 Å². The van der Waals surface area contributed by atoms with E-state index in [1.807, 2.05) is 45.0 Å². The molecule has 0 spiro atoms. The molecule has 0 saturated carbocycles. The molecule has 0 bridgehead atoms. The van der Waals surface area contributed by atoms with E-state index >= 15 is 0 Å². The van der Waals surface area contributed by atoms with E-state index in [2.05, 4.69) is 0 Å². The van der Waals surface area contributed by atoms with Crippen LogP contribution in [0.2, 0.25) is 0 Å². The van der Waals surface area contributed by atoms with Gasteiger partial charge in [-0.15, -0.1) is 0 Å². The minimum atomic E-state index is -3.33.